The number of hydrogen-bond donors (Lipinski definition) is 1. The maximum absolute atomic E-state index is 5.73. The summed E-state index contributed by atoms with van der Waals surface area (Å²) < 4.78 is 11.0. The third-order valence-electron chi connectivity index (χ3n) is 3.74. The zero-order chi connectivity index (χ0) is 13.0. The minimum Gasteiger partial charge on any atom is -0.370 e. The van der Waals surface area contributed by atoms with Crippen molar-refractivity contribution in [3.8, 4) is 0 Å². The van der Waals surface area contributed by atoms with Crippen LogP contribution in [0.3, 0.4) is 0 Å². The van der Waals surface area contributed by atoms with Crippen molar-refractivity contribution in [3.63, 3.8) is 0 Å². The van der Waals surface area contributed by atoms with E-state index < -0.39 is 0 Å². The van der Waals surface area contributed by atoms with Crippen LogP contribution in [0, 0.1) is 0 Å². The molecule has 0 spiro atoms. The maximum Gasteiger partial charge on any atom is 0.226 e. The van der Waals surface area contributed by atoms with Crippen LogP contribution in [-0.2, 0) is 16.8 Å². The molecule has 1 atom stereocenters. The van der Waals surface area contributed by atoms with Crippen molar-refractivity contribution >= 4 is 0 Å². The van der Waals surface area contributed by atoms with Gasteiger partial charge in [0.25, 0.3) is 0 Å². The Morgan fingerprint density at radius 2 is 2.11 bits per heavy atom. The highest BCUT2D eigenvalue weighted by atomic mass is 16.5. The van der Waals surface area contributed by atoms with E-state index in [1.165, 1.54) is 6.42 Å². The first-order valence-electron chi connectivity index (χ1n) is 6.80. The standard InChI is InChI=1S/C13H23N3O2/c1-10(14)6-7-11-15-12(16-18-11)13(17-2)8-4-3-5-9-13/h10H,3-9,14H2,1-2H3. The highest BCUT2D eigenvalue weighted by molar-refractivity contribution is 5.03. The Bertz CT molecular complexity index is 370. The Labute approximate surface area is 108 Å². The number of rotatable bonds is 5. The lowest BCUT2D eigenvalue weighted by molar-refractivity contribution is -0.0527. The van der Waals surface area contributed by atoms with Crippen molar-refractivity contribution in [2.24, 2.45) is 5.73 Å². The van der Waals surface area contributed by atoms with Crippen molar-refractivity contribution in [2.75, 3.05) is 7.11 Å². The summed E-state index contributed by atoms with van der Waals surface area (Å²) in [6.07, 6.45) is 7.16. The van der Waals surface area contributed by atoms with E-state index in [-0.39, 0.29) is 11.6 Å². The number of aromatic nitrogens is 2. The molecule has 0 amide bonds. The topological polar surface area (TPSA) is 74.2 Å². The molecule has 0 aromatic carbocycles. The monoisotopic (exact) mass is 253 g/mol. The van der Waals surface area contributed by atoms with Crippen LogP contribution >= 0.6 is 0 Å². The molecule has 1 aliphatic rings. The Balaban J connectivity index is 2.07. The summed E-state index contributed by atoms with van der Waals surface area (Å²) in [4.78, 5) is 4.49. The van der Waals surface area contributed by atoms with E-state index in [4.69, 9.17) is 15.0 Å². The molecule has 102 valence electrons. The van der Waals surface area contributed by atoms with Gasteiger partial charge in [0.05, 0.1) is 0 Å². The quantitative estimate of drug-likeness (QED) is 0.870. The van der Waals surface area contributed by atoms with E-state index in [9.17, 15) is 0 Å². The summed E-state index contributed by atoms with van der Waals surface area (Å²) in [6, 6.07) is 0.159. The van der Waals surface area contributed by atoms with E-state index in [2.05, 4.69) is 10.1 Å². The molecule has 0 saturated heterocycles. The third-order valence-corrected chi connectivity index (χ3v) is 3.74. The highest BCUT2D eigenvalue weighted by Crippen LogP contribution is 2.38. The van der Waals surface area contributed by atoms with Crippen molar-refractivity contribution in [3.05, 3.63) is 11.7 Å². The van der Waals surface area contributed by atoms with Gasteiger partial charge in [-0.2, -0.15) is 4.98 Å². The normalized spacial score (nSPS) is 20.8. The van der Waals surface area contributed by atoms with Gasteiger partial charge in [-0.25, -0.2) is 0 Å². The van der Waals surface area contributed by atoms with Gasteiger partial charge >= 0.3 is 0 Å². The molecule has 2 rings (SSSR count). The van der Waals surface area contributed by atoms with Crippen LogP contribution in [0.1, 0.15) is 57.2 Å². The van der Waals surface area contributed by atoms with Gasteiger partial charge in [-0.15, -0.1) is 0 Å². The highest BCUT2D eigenvalue weighted by Gasteiger charge is 2.38. The molecular weight excluding hydrogens is 230 g/mol. The minimum absolute atomic E-state index is 0.159. The largest absolute Gasteiger partial charge is 0.370 e. The van der Waals surface area contributed by atoms with Crippen LogP contribution in [0.5, 0.6) is 0 Å². The van der Waals surface area contributed by atoms with Crippen molar-refractivity contribution in [2.45, 2.75) is 63.5 Å². The Morgan fingerprint density at radius 1 is 1.39 bits per heavy atom. The van der Waals surface area contributed by atoms with Gasteiger partial charge in [-0.3, -0.25) is 0 Å². The number of methoxy groups -OCH3 is 1. The molecular formula is C13H23N3O2. The van der Waals surface area contributed by atoms with Crippen molar-refractivity contribution in [1.82, 2.24) is 10.1 Å². The van der Waals surface area contributed by atoms with Gasteiger partial charge in [0, 0.05) is 19.6 Å². The van der Waals surface area contributed by atoms with Gasteiger partial charge < -0.3 is 15.0 Å². The van der Waals surface area contributed by atoms with Gasteiger partial charge in [-0.05, 0) is 26.2 Å². The predicted molar refractivity (Wildman–Crippen MR) is 68.0 cm³/mol. The number of ether oxygens (including phenoxy) is 1. The Morgan fingerprint density at radius 3 is 2.72 bits per heavy atom. The van der Waals surface area contributed by atoms with Crippen LogP contribution < -0.4 is 5.73 Å². The first-order valence-corrected chi connectivity index (χ1v) is 6.80. The summed E-state index contributed by atoms with van der Waals surface area (Å²) in [7, 11) is 1.74. The van der Waals surface area contributed by atoms with Crippen LogP contribution in [0.15, 0.2) is 4.52 Å². The van der Waals surface area contributed by atoms with Crippen LogP contribution in [0.25, 0.3) is 0 Å². The zero-order valence-corrected chi connectivity index (χ0v) is 11.3. The minimum atomic E-state index is -0.325. The molecule has 0 aliphatic heterocycles. The predicted octanol–water partition coefficient (Wildman–Crippen LogP) is 2.16. The number of aryl methyl sites for hydroxylation is 1. The zero-order valence-electron chi connectivity index (χ0n) is 11.3. The number of nitrogens with two attached hydrogens (primary N) is 1. The fourth-order valence-corrected chi connectivity index (χ4v) is 2.53. The molecule has 18 heavy (non-hydrogen) atoms. The summed E-state index contributed by atoms with van der Waals surface area (Å²) >= 11 is 0. The first-order chi connectivity index (χ1) is 8.66. The van der Waals surface area contributed by atoms with Crippen LogP contribution in [0.4, 0.5) is 0 Å². The van der Waals surface area contributed by atoms with Gasteiger partial charge in [0.15, 0.2) is 0 Å². The summed E-state index contributed by atoms with van der Waals surface area (Å²) in [5, 5.41) is 4.11. The average Bonchev–Trinajstić information content (AvgIpc) is 2.86. The molecule has 5 heteroatoms. The fourth-order valence-electron chi connectivity index (χ4n) is 2.53. The molecule has 1 aromatic rings. The SMILES string of the molecule is COC1(c2noc(CCC(C)N)n2)CCCCC1. The van der Waals surface area contributed by atoms with Crippen molar-refractivity contribution in [1.29, 1.82) is 0 Å². The average molecular weight is 253 g/mol. The second-order valence-corrected chi connectivity index (χ2v) is 5.29. The van der Waals surface area contributed by atoms with E-state index >= 15 is 0 Å². The lowest BCUT2D eigenvalue weighted by Gasteiger charge is -2.32. The maximum atomic E-state index is 5.73. The smallest absolute Gasteiger partial charge is 0.226 e. The molecule has 0 bridgehead atoms. The van der Waals surface area contributed by atoms with E-state index in [1.54, 1.807) is 7.11 Å². The molecule has 1 aliphatic carbocycles. The number of nitrogens with zero attached hydrogens (tertiary/aromatic N) is 2. The molecule has 1 aromatic heterocycles. The second-order valence-electron chi connectivity index (χ2n) is 5.29. The van der Waals surface area contributed by atoms with E-state index in [0.717, 1.165) is 38.5 Å². The lowest BCUT2D eigenvalue weighted by Crippen LogP contribution is -2.32. The van der Waals surface area contributed by atoms with Gasteiger partial charge in [0.1, 0.15) is 5.60 Å². The molecule has 1 unspecified atom stereocenters. The summed E-state index contributed by atoms with van der Waals surface area (Å²) in [5.74, 6) is 1.38. The number of hydrogen-bond acceptors (Lipinski definition) is 5. The van der Waals surface area contributed by atoms with Gasteiger partial charge in [0.2, 0.25) is 11.7 Å². The van der Waals surface area contributed by atoms with E-state index in [0.29, 0.717) is 11.7 Å². The summed E-state index contributed by atoms with van der Waals surface area (Å²) in [5.41, 5.74) is 5.40. The third kappa shape index (κ3) is 2.90. The molecule has 0 radical (unpaired) electrons. The molecule has 1 saturated carbocycles. The fraction of sp³-hybridized carbons (Fsp3) is 0.846. The van der Waals surface area contributed by atoms with Gasteiger partial charge in [-0.1, -0.05) is 24.4 Å². The van der Waals surface area contributed by atoms with Crippen LogP contribution in [0.2, 0.25) is 0 Å². The lowest BCUT2D eigenvalue weighted by atomic mass is 9.84. The first kappa shape index (κ1) is 13.5. The Kier molecular flexibility index (Phi) is 4.35. The van der Waals surface area contributed by atoms with Crippen LogP contribution in [-0.4, -0.2) is 23.3 Å². The molecule has 1 heterocycles. The molecule has 1 fully saturated rings. The molecule has 2 N–H and O–H groups in total. The second kappa shape index (κ2) is 5.80. The Hall–Kier alpha value is -0.940. The summed E-state index contributed by atoms with van der Waals surface area (Å²) in [6.45, 7) is 1.98. The van der Waals surface area contributed by atoms with E-state index in [1.807, 2.05) is 6.92 Å². The van der Waals surface area contributed by atoms with Crippen molar-refractivity contribution < 1.29 is 9.26 Å². The molecule has 5 nitrogen and oxygen atoms in total.